The molecule has 0 spiro atoms. The Labute approximate surface area is 134 Å². The molecule has 0 unspecified atom stereocenters. The van der Waals surface area contributed by atoms with E-state index >= 15 is 0 Å². The average molecular weight is 320 g/mol. The van der Waals surface area contributed by atoms with Crippen LogP contribution in [0.4, 0.5) is 10.5 Å². The van der Waals surface area contributed by atoms with Gasteiger partial charge >= 0.3 is 6.09 Å². The maximum Gasteiger partial charge on any atom is 0.414 e. The molecule has 0 saturated heterocycles. The first-order chi connectivity index (χ1) is 10.3. The Morgan fingerprint density at radius 3 is 2.36 bits per heavy atom. The van der Waals surface area contributed by atoms with Crippen LogP contribution in [0.2, 0.25) is 5.28 Å². The van der Waals surface area contributed by atoms with Crippen LogP contribution in [0, 0.1) is 0 Å². The predicted octanol–water partition coefficient (Wildman–Crippen LogP) is 4.17. The highest BCUT2D eigenvalue weighted by atomic mass is 35.5. The number of benzene rings is 1. The summed E-state index contributed by atoms with van der Waals surface area (Å²) >= 11 is 5.79. The second kappa shape index (κ2) is 6.32. The molecular formula is C16H18ClN3O2. The molecule has 0 atom stereocenters. The summed E-state index contributed by atoms with van der Waals surface area (Å²) in [7, 11) is 1.67. The van der Waals surface area contributed by atoms with Gasteiger partial charge in [-0.3, -0.25) is 4.90 Å². The van der Waals surface area contributed by atoms with E-state index in [0.717, 1.165) is 16.9 Å². The lowest BCUT2D eigenvalue weighted by Crippen LogP contribution is -2.34. The third-order valence-electron chi connectivity index (χ3n) is 2.84. The van der Waals surface area contributed by atoms with Crippen LogP contribution in [0.15, 0.2) is 36.5 Å². The van der Waals surface area contributed by atoms with Gasteiger partial charge in [-0.05, 0) is 50.6 Å². The molecule has 116 valence electrons. The second-order valence-electron chi connectivity index (χ2n) is 5.80. The summed E-state index contributed by atoms with van der Waals surface area (Å²) < 4.78 is 5.33. The molecule has 0 aliphatic rings. The number of amides is 1. The Morgan fingerprint density at radius 1 is 1.18 bits per heavy atom. The maximum atomic E-state index is 12.0. The van der Waals surface area contributed by atoms with Gasteiger partial charge in [0.25, 0.3) is 0 Å². The summed E-state index contributed by atoms with van der Waals surface area (Å²) in [4.78, 5) is 21.5. The molecule has 0 bridgehead atoms. The zero-order valence-electron chi connectivity index (χ0n) is 13.0. The average Bonchev–Trinajstić information content (AvgIpc) is 2.45. The number of nitrogens with zero attached hydrogens (tertiary/aromatic N) is 3. The van der Waals surface area contributed by atoms with Gasteiger partial charge in [-0.1, -0.05) is 12.1 Å². The van der Waals surface area contributed by atoms with Crippen LogP contribution in [0.1, 0.15) is 20.8 Å². The summed E-state index contributed by atoms with van der Waals surface area (Å²) in [5.74, 6) is 0. The Morgan fingerprint density at radius 2 is 1.82 bits per heavy atom. The molecule has 0 radical (unpaired) electrons. The minimum atomic E-state index is -0.525. The first-order valence-electron chi connectivity index (χ1n) is 6.82. The number of hydrogen-bond donors (Lipinski definition) is 0. The van der Waals surface area contributed by atoms with Crippen LogP contribution >= 0.6 is 11.6 Å². The van der Waals surface area contributed by atoms with Crippen LogP contribution in [0.25, 0.3) is 11.3 Å². The number of halogens is 1. The molecule has 0 aliphatic carbocycles. The third kappa shape index (κ3) is 4.18. The van der Waals surface area contributed by atoms with E-state index in [1.54, 1.807) is 19.3 Å². The van der Waals surface area contributed by atoms with Crippen molar-refractivity contribution in [2.24, 2.45) is 0 Å². The van der Waals surface area contributed by atoms with Crippen molar-refractivity contribution < 1.29 is 9.53 Å². The van der Waals surface area contributed by atoms with Crippen molar-refractivity contribution in [2.75, 3.05) is 11.9 Å². The van der Waals surface area contributed by atoms with E-state index in [0.29, 0.717) is 0 Å². The maximum absolute atomic E-state index is 12.0. The van der Waals surface area contributed by atoms with E-state index in [1.165, 1.54) is 4.90 Å². The van der Waals surface area contributed by atoms with E-state index in [1.807, 2.05) is 45.0 Å². The van der Waals surface area contributed by atoms with Crippen molar-refractivity contribution in [1.82, 2.24) is 9.97 Å². The molecule has 0 fully saturated rings. The largest absolute Gasteiger partial charge is 0.443 e. The van der Waals surface area contributed by atoms with Crippen molar-refractivity contribution in [1.29, 1.82) is 0 Å². The second-order valence-corrected chi connectivity index (χ2v) is 6.14. The molecule has 0 N–H and O–H groups in total. The number of anilines is 1. The molecule has 1 heterocycles. The SMILES string of the molecule is CN(C(=O)OC(C)(C)C)c1ccc(-c2ccnc(Cl)n2)cc1. The normalized spacial score (nSPS) is 11.1. The molecule has 2 rings (SSSR count). The molecular weight excluding hydrogens is 302 g/mol. The lowest BCUT2D eigenvalue weighted by molar-refractivity contribution is 0.0589. The van der Waals surface area contributed by atoms with Gasteiger partial charge in [0.2, 0.25) is 5.28 Å². The molecule has 1 amide bonds. The van der Waals surface area contributed by atoms with E-state index in [-0.39, 0.29) is 5.28 Å². The van der Waals surface area contributed by atoms with Gasteiger partial charge in [-0.25, -0.2) is 14.8 Å². The first kappa shape index (κ1) is 16.2. The standard InChI is InChI=1S/C16H18ClN3O2/c1-16(2,3)22-15(21)20(4)12-7-5-11(6-8-12)13-9-10-18-14(17)19-13/h5-10H,1-4H3. The number of hydrogen-bond acceptors (Lipinski definition) is 4. The van der Waals surface area contributed by atoms with Gasteiger partial charge < -0.3 is 4.74 Å². The smallest absolute Gasteiger partial charge is 0.414 e. The zero-order valence-corrected chi connectivity index (χ0v) is 13.8. The molecule has 0 aliphatic heterocycles. The molecule has 6 heteroatoms. The van der Waals surface area contributed by atoms with Gasteiger partial charge in [-0.2, -0.15) is 0 Å². The van der Waals surface area contributed by atoms with Crippen LogP contribution in [0.5, 0.6) is 0 Å². The molecule has 1 aromatic heterocycles. The van der Waals surface area contributed by atoms with Gasteiger partial charge in [0.05, 0.1) is 5.69 Å². The summed E-state index contributed by atoms with van der Waals surface area (Å²) in [6.45, 7) is 5.50. The quantitative estimate of drug-likeness (QED) is 0.780. The monoisotopic (exact) mass is 319 g/mol. The number of ether oxygens (including phenoxy) is 1. The van der Waals surface area contributed by atoms with Crippen molar-refractivity contribution in [2.45, 2.75) is 26.4 Å². The Kier molecular flexibility index (Phi) is 4.66. The van der Waals surface area contributed by atoms with E-state index < -0.39 is 11.7 Å². The number of aromatic nitrogens is 2. The topological polar surface area (TPSA) is 55.3 Å². The lowest BCUT2D eigenvalue weighted by Gasteiger charge is -2.24. The predicted molar refractivity (Wildman–Crippen MR) is 87.1 cm³/mol. The minimum absolute atomic E-state index is 0.201. The van der Waals surface area contributed by atoms with E-state index in [4.69, 9.17) is 16.3 Å². The lowest BCUT2D eigenvalue weighted by atomic mass is 10.1. The fourth-order valence-electron chi connectivity index (χ4n) is 1.79. The van der Waals surface area contributed by atoms with E-state index in [2.05, 4.69) is 9.97 Å². The van der Waals surface area contributed by atoms with Crippen molar-refractivity contribution >= 4 is 23.4 Å². The number of carbonyl (C=O) groups excluding carboxylic acids is 1. The highest BCUT2D eigenvalue weighted by Crippen LogP contribution is 2.23. The fraction of sp³-hybridized carbons (Fsp3) is 0.312. The van der Waals surface area contributed by atoms with Crippen LogP contribution < -0.4 is 4.90 Å². The Hall–Kier alpha value is -2.14. The fourth-order valence-corrected chi connectivity index (χ4v) is 1.93. The molecule has 1 aromatic carbocycles. The molecule has 22 heavy (non-hydrogen) atoms. The van der Waals surface area contributed by atoms with Crippen LogP contribution in [-0.4, -0.2) is 28.7 Å². The van der Waals surface area contributed by atoms with Gasteiger partial charge in [0, 0.05) is 24.5 Å². The molecule has 0 saturated carbocycles. The molecule has 2 aromatic rings. The van der Waals surface area contributed by atoms with Gasteiger partial charge in [0.1, 0.15) is 5.60 Å². The van der Waals surface area contributed by atoms with Gasteiger partial charge in [-0.15, -0.1) is 0 Å². The highest BCUT2D eigenvalue weighted by molar-refractivity contribution is 6.28. The van der Waals surface area contributed by atoms with Crippen LogP contribution in [-0.2, 0) is 4.74 Å². The molecule has 5 nitrogen and oxygen atoms in total. The van der Waals surface area contributed by atoms with Crippen LogP contribution in [0.3, 0.4) is 0 Å². The number of rotatable bonds is 2. The summed E-state index contributed by atoms with van der Waals surface area (Å²) in [5.41, 5.74) is 1.83. The van der Waals surface area contributed by atoms with Gasteiger partial charge in [0.15, 0.2) is 0 Å². The van der Waals surface area contributed by atoms with E-state index in [9.17, 15) is 4.79 Å². The third-order valence-corrected chi connectivity index (χ3v) is 3.03. The van der Waals surface area contributed by atoms with Crippen molar-refractivity contribution in [3.8, 4) is 11.3 Å². The zero-order chi connectivity index (χ0) is 16.3. The number of carbonyl (C=O) groups is 1. The van der Waals surface area contributed by atoms with Crippen molar-refractivity contribution in [3.63, 3.8) is 0 Å². The van der Waals surface area contributed by atoms with Crippen molar-refractivity contribution in [3.05, 3.63) is 41.8 Å². The summed E-state index contributed by atoms with van der Waals surface area (Å²) in [5, 5.41) is 0.201. The summed E-state index contributed by atoms with van der Waals surface area (Å²) in [6.07, 6.45) is 1.20. The summed E-state index contributed by atoms with van der Waals surface area (Å²) in [6, 6.07) is 9.17. The Balaban J connectivity index is 2.16. The minimum Gasteiger partial charge on any atom is -0.443 e. The Bertz CT molecular complexity index is 666. The first-order valence-corrected chi connectivity index (χ1v) is 7.20. The highest BCUT2D eigenvalue weighted by Gasteiger charge is 2.20.